The lowest BCUT2D eigenvalue weighted by Crippen LogP contribution is -2.63. The van der Waals surface area contributed by atoms with Crippen LogP contribution in [0.1, 0.15) is 70.7 Å². The van der Waals surface area contributed by atoms with Crippen molar-refractivity contribution in [1.82, 2.24) is 9.21 Å². The average molecular weight is 479 g/mol. The van der Waals surface area contributed by atoms with E-state index in [1.165, 1.54) is 28.6 Å². The predicted molar refractivity (Wildman–Crippen MR) is 123 cm³/mol. The fourth-order valence-corrected chi connectivity index (χ4v) is 6.56. The van der Waals surface area contributed by atoms with Gasteiger partial charge in [-0.15, -0.1) is 0 Å². The highest BCUT2D eigenvalue weighted by Gasteiger charge is 2.47. The van der Waals surface area contributed by atoms with Crippen molar-refractivity contribution in [3.8, 4) is 0 Å². The van der Waals surface area contributed by atoms with Crippen molar-refractivity contribution in [3.63, 3.8) is 0 Å². The van der Waals surface area contributed by atoms with Gasteiger partial charge >= 0.3 is 5.97 Å². The normalized spacial score (nSPS) is 21.6. The Hall–Kier alpha value is -2.26. The van der Waals surface area contributed by atoms with Crippen LogP contribution in [-0.4, -0.2) is 66.1 Å². The minimum Gasteiger partial charge on any atom is -0.452 e. The molecule has 0 saturated carbocycles. The van der Waals surface area contributed by atoms with Crippen molar-refractivity contribution in [2.45, 2.75) is 76.3 Å². The summed E-state index contributed by atoms with van der Waals surface area (Å²) in [5.74, 6) is -0.467. The Bertz CT molecular complexity index is 1000. The third-order valence-electron chi connectivity index (χ3n) is 6.52. The van der Waals surface area contributed by atoms with Gasteiger partial charge in [0.2, 0.25) is 10.0 Å². The number of likely N-dealkylation sites (tertiary alicyclic amines) is 1. The van der Waals surface area contributed by atoms with E-state index in [1.54, 1.807) is 4.90 Å². The molecule has 0 aromatic heterocycles. The van der Waals surface area contributed by atoms with Crippen LogP contribution in [0, 0.1) is 5.92 Å². The number of hydrogen-bond donors (Lipinski definition) is 0. The van der Waals surface area contributed by atoms with Crippen LogP contribution < -0.4 is 0 Å². The summed E-state index contributed by atoms with van der Waals surface area (Å²) in [5, 5.41) is 0. The molecule has 0 bridgehead atoms. The molecule has 2 fully saturated rings. The number of nitrogens with zero attached hydrogens (tertiary/aromatic N) is 2. The van der Waals surface area contributed by atoms with Crippen LogP contribution in [0.4, 0.5) is 0 Å². The molecule has 2 aliphatic rings. The first-order chi connectivity index (χ1) is 15.2. The SMILES string of the molecule is CC1CCN(S(=O)(=O)c2ccc(C(=O)OCC(=O)N3C(C)(C)CC(=O)CC3(C)C)cc2)CC1. The molecule has 2 saturated heterocycles. The van der Waals surface area contributed by atoms with Gasteiger partial charge in [0.1, 0.15) is 5.78 Å². The number of sulfonamides is 1. The Kier molecular flexibility index (Phi) is 7.05. The molecule has 182 valence electrons. The molecular weight excluding hydrogens is 444 g/mol. The number of esters is 1. The van der Waals surface area contributed by atoms with Crippen LogP contribution in [0.25, 0.3) is 0 Å². The fraction of sp³-hybridized carbons (Fsp3) is 0.625. The van der Waals surface area contributed by atoms with Gasteiger partial charge in [0.05, 0.1) is 10.5 Å². The number of ether oxygens (including phenoxy) is 1. The van der Waals surface area contributed by atoms with Gasteiger partial charge in [0, 0.05) is 37.0 Å². The molecule has 0 atom stereocenters. The maximum atomic E-state index is 12.9. The van der Waals surface area contributed by atoms with Gasteiger partial charge in [-0.05, 0) is 70.7 Å². The fourth-order valence-electron chi connectivity index (χ4n) is 5.09. The minimum absolute atomic E-state index is 0.0974. The van der Waals surface area contributed by atoms with Crippen LogP contribution in [0.2, 0.25) is 0 Å². The van der Waals surface area contributed by atoms with Crippen LogP contribution in [0.3, 0.4) is 0 Å². The first-order valence-electron chi connectivity index (χ1n) is 11.4. The molecule has 1 amide bonds. The number of carbonyl (C=O) groups excluding carboxylic acids is 3. The quantitative estimate of drug-likeness (QED) is 0.603. The highest BCUT2D eigenvalue weighted by Crippen LogP contribution is 2.36. The van der Waals surface area contributed by atoms with Crippen molar-refractivity contribution >= 4 is 27.7 Å². The molecule has 0 aliphatic carbocycles. The standard InChI is InChI=1S/C24H34N2O6S/c1-17-10-12-25(13-11-17)33(30,31)20-8-6-18(7-9-20)22(29)32-16-21(28)26-23(2,3)14-19(27)15-24(26,4)5/h6-9,17H,10-16H2,1-5H3. The van der Waals surface area contributed by atoms with Crippen LogP contribution in [0.5, 0.6) is 0 Å². The summed E-state index contributed by atoms with van der Waals surface area (Å²) in [7, 11) is -3.61. The van der Waals surface area contributed by atoms with Gasteiger partial charge in [-0.1, -0.05) is 6.92 Å². The van der Waals surface area contributed by atoms with E-state index >= 15 is 0 Å². The molecule has 33 heavy (non-hydrogen) atoms. The Morgan fingerprint density at radius 1 is 1.00 bits per heavy atom. The van der Waals surface area contributed by atoms with Crippen molar-refractivity contribution in [2.75, 3.05) is 19.7 Å². The van der Waals surface area contributed by atoms with E-state index in [4.69, 9.17) is 4.74 Å². The number of hydrogen-bond acceptors (Lipinski definition) is 6. The predicted octanol–water partition coefficient (Wildman–Crippen LogP) is 3.01. The van der Waals surface area contributed by atoms with Crippen molar-refractivity contribution in [3.05, 3.63) is 29.8 Å². The number of benzene rings is 1. The zero-order valence-corrected chi connectivity index (χ0v) is 20.9. The smallest absolute Gasteiger partial charge is 0.338 e. The summed E-state index contributed by atoms with van der Waals surface area (Å²) in [6.45, 7) is 9.95. The molecule has 3 rings (SSSR count). The lowest BCUT2D eigenvalue weighted by molar-refractivity contribution is -0.156. The molecule has 0 spiro atoms. The summed E-state index contributed by atoms with van der Waals surface area (Å²) < 4.78 is 32.4. The van der Waals surface area contributed by atoms with E-state index < -0.39 is 33.7 Å². The van der Waals surface area contributed by atoms with Crippen LogP contribution in [-0.2, 0) is 24.3 Å². The van der Waals surface area contributed by atoms with Gasteiger partial charge in [0.15, 0.2) is 6.61 Å². The number of ketones is 1. The van der Waals surface area contributed by atoms with Crippen molar-refractivity contribution in [2.24, 2.45) is 5.92 Å². The summed E-state index contributed by atoms with van der Waals surface area (Å²) in [6.07, 6.45) is 2.16. The maximum absolute atomic E-state index is 12.9. The van der Waals surface area contributed by atoms with Crippen LogP contribution >= 0.6 is 0 Å². The molecule has 0 unspecified atom stereocenters. The summed E-state index contributed by atoms with van der Waals surface area (Å²) in [4.78, 5) is 39.2. The first-order valence-corrected chi connectivity index (χ1v) is 12.8. The maximum Gasteiger partial charge on any atom is 0.338 e. The zero-order chi connectivity index (χ0) is 24.6. The summed E-state index contributed by atoms with van der Waals surface area (Å²) in [6, 6.07) is 5.60. The molecule has 1 aromatic rings. The number of rotatable bonds is 5. The van der Waals surface area contributed by atoms with Gasteiger partial charge < -0.3 is 9.64 Å². The van der Waals surface area contributed by atoms with Crippen molar-refractivity contribution < 1.29 is 27.5 Å². The molecule has 0 N–H and O–H groups in total. The molecule has 0 radical (unpaired) electrons. The lowest BCUT2D eigenvalue weighted by Gasteiger charge is -2.51. The third kappa shape index (κ3) is 5.46. The second-order valence-electron chi connectivity index (χ2n) is 10.4. The molecule has 1 aromatic carbocycles. The highest BCUT2D eigenvalue weighted by molar-refractivity contribution is 7.89. The van der Waals surface area contributed by atoms with Gasteiger partial charge in [-0.3, -0.25) is 9.59 Å². The number of amides is 1. The van der Waals surface area contributed by atoms with E-state index in [-0.39, 0.29) is 35.0 Å². The number of Topliss-reactive ketones (excluding diaryl/α,β-unsaturated/α-hetero) is 1. The van der Waals surface area contributed by atoms with E-state index in [9.17, 15) is 22.8 Å². The molecular formula is C24H34N2O6S. The number of carbonyl (C=O) groups is 3. The lowest BCUT2D eigenvalue weighted by atomic mass is 9.79. The second-order valence-corrected chi connectivity index (χ2v) is 12.4. The topological polar surface area (TPSA) is 101 Å². The molecule has 2 heterocycles. The minimum atomic E-state index is -3.61. The molecule has 2 aliphatic heterocycles. The Labute approximate surface area is 196 Å². The van der Waals surface area contributed by atoms with Gasteiger partial charge in [-0.25, -0.2) is 13.2 Å². The van der Waals surface area contributed by atoms with E-state index in [2.05, 4.69) is 6.92 Å². The van der Waals surface area contributed by atoms with E-state index in [1.807, 2.05) is 27.7 Å². The van der Waals surface area contributed by atoms with Gasteiger partial charge in [-0.2, -0.15) is 4.31 Å². The van der Waals surface area contributed by atoms with Crippen LogP contribution in [0.15, 0.2) is 29.2 Å². The Morgan fingerprint density at radius 3 is 2.03 bits per heavy atom. The zero-order valence-electron chi connectivity index (χ0n) is 20.1. The Balaban J connectivity index is 1.64. The summed E-state index contributed by atoms with van der Waals surface area (Å²) in [5.41, 5.74) is -1.18. The monoisotopic (exact) mass is 478 g/mol. The number of piperidine rings is 2. The largest absolute Gasteiger partial charge is 0.452 e. The van der Waals surface area contributed by atoms with Gasteiger partial charge in [0.25, 0.3) is 5.91 Å². The second kappa shape index (κ2) is 9.18. The third-order valence-corrected chi connectivity index (χ3v) is 8.43. The molecule has 8 nitrogen and oxygen atoms in total. The van der Waals surface area contributed by atoms with E-state index in [0.29, 0.717) is 19.0 Å². The summed E-state index contributed by atoms with van der Waals surface area (Å²) >= 11 is 0. The molecule has 9 heteroatoms. The highest BCUT2D eigenvalue weighted by atomic mass is 32.2. The van der Waals surface area contributed by atoms with E-state index in [0.717, 1.165) is 12.8 Å². The van der Waals surface area contributed by atoms with Crippen molar-refractivity contribution in [1.29, 1.82) is 0 Å². The Morgan fingerprint density at radius 2 is 1.52 bits per heavy atom. The average Bonchev–Trinajstić information content (AvgIpc) is 2.70. The first kappa shape index (κ1) is 25.4.